The SMILES string of the molecule is CC1=CC([Si](C)(C)C)=C(C)C1. The van der Waals surface area contributed by atoms with E-state index >= 15 is 0 Å². The Labute approximate surface area is 71.0 Å². The van der Waals surface area contributed by atoms with Crippen LogP contribution >= 0.6 is 0 Å². The van der Waals surface area contributed by atoms with E-state index in [1.54, 1.807) is 16.3 Å². The molecular formula is C10H18Si. The molecule has 0 spiro atoms. The molecule has 1 rings (SSSR count). The zero-order chi connectivity index (χ0) is 8.65. The first-order valence-electron chi connectivity index (χ1n) is 4.28. The molecule has 0 fully saturated rings. The normalized spacial score (nSPS) is 19.2. The molecule has 0 aliphatic heterocycles. The molecule has 0 unspecified atom stereocenters. The Morgan fingerprint density at radius 2 is 1.73 bits per heavy atom. The Hall–Kier alpha value is -0.303. The second-order valence-corrected chi connectivity index (χ2v) is 9.65. The number of rotatable bonds is 1. The van der Waals surface area contributed by atoms with E-state index in [0.717, 1.165) is 0 Å². The van der Waals surface area contributed by atoms with Gasteiger partial charge >= 0.3 is 0 Å². The monoisotopic (exact) mass is 166 g/mol. The Morgan fingerprint density at radius 3 is 1.91 bits per heavy atom. The summed E-state index contributed by atoms with van der Waals surface area (Å²) in [5, 5.41) is 1.68. The van der Waals surface area contributed by atoms with E-state index < -0.39 is 8.07 Å². The van der Waals surface area contributed by atoms with E-state index in [4.69, 9.17) is 0 Å². The first kappa shape index (κ1) is 8.79. The Kier molecular flexibility index (Phi) is 2.10. The highest BCUT2D eigenvalue weighted by molar-refractivity contribution is 6.84. The molecule has 1 aliphatic rings. The summed E-state index contributed by atoms with van der Waals surface area (Å²) in [5.41, 5.74) is 3.15. The summed E-state index contributed by atoms with van der Waals surface area (Å²) in [4.78, 5) is 0. The molecular weight excluding hydrogens is 148 g/mol. The molecule has 0 heterocycles. The topological polar surface area (TPSA) is 0 Å². The first-order chi connectivity index (χ1) is 4.91. The maximum atomic E-state index is 2.42. The van der Waals surface area contributed by atoms with Gasteiger partial charge in [-0.2, -0.15) is 0 Å². The number of hydrogen-bond acceptors (Lipinski definition) is 0. The van der Waals surface area contributed by atoms with Crippen molar-refractivity contribution in [2.75, 3.05) is 0 Å². The van der Waals surface area contributed by atoms with Gasteiger partial charge in [0.2, 0.25) is 0 Å². The number of allylic oxidation sites excluding steroid dienone is 4. The lowest BCUT2D eigenvalue weighted by Gasteiger charge is -2.17. The minimum Gasteiger partial charge on any atom is -0.0700 e. The molecule has 0 bridgehead atoms. The summed E-state index contributed by atoms with van der Waals surface area (Å²) < 4.78 is 0. The zero-order valence-electron chi connectivity index (χ0n) is 8.28. The molecule has 1 aliphatic carbocycles. The second-order valence-electron chi connectivity index (χ2n) is 4.61. The Balaban J connectivity index is 2.95. The van der Waals surface area contributed by atoms with Crippen molar-refractivity contribution < 1.29 is 0 Å². The fourth-order valence-corrected chi connectivity index (χ4v) is 3.84. The van der Waals surface area contributed by atoms with Gasteiger partial charge in [0.15, 0.2) is 0 Å². The molecule has 1 heteroatoms. The highest BCUT2D eigenvalue weighted by atomic mass is 28.3. The van der Waals surface area contributed by atoms with Gasteiger partial charge in [0.1, 0.15) is 0 Å². The van der Waals surface area contributed by atoms with Gasteiger partial charge in [-0.1, -0.05) is 42.1 Å². The maximum Gasteiger partial charge on any atom is 0.0775 e. The summed E-state index contributed by atoms with van der Waals surface area (Å²) in [6.45, 7) is 11.8. The summed E-state index contributed by atoms with van der Waals surface area (Å²) in [7, 11) is -1.03. The van der Waals surface area contributed by atoms with Crippen LogP contribution in [0, 0.1) is 0 Å². The van der Waals surface area contributed by atoms with Gasteiger partial charge in [0.05, 0.1) is 8.07 Å². The average molecular weight is 166 g/mol. The van der Waals surface area contributed by atoms with Crippen LogP contribution in [-0.4, -0.2) is 8.07 Å². The molecule has 62 valence electrons. The molecule has 0 saturated carbocycles. The lowest BCUT2D eigenvalue weighted by Crippen LogP contribution is -2.22. The van der Waals surface area contributed by atoms with Crippen molar-refractivity contribution in [1.29, 1.82) is 0 Å². The Morgan fingerprint density at radius 1 is 1.18 bits per heavy atom. The van der Waals surface area contributed by atoms with Crippen LogP contribution in [0.3, 0.4) is 0 Å². The van der Waals surface area contributed by atoms with Crippen LogP contribution in [-0.2, 0) is 0 Å². The standard InChI is InChI=1S/C10H18Si/c1-8-6-9(2)10(7-8)11(3,4)5/h7H,6H2,1-5H3. The summed E-state index contributed by atoms with van der Waals surface area (Å²) in [5.74, 6) is 0. The van der Waals surface area contributed by atoms with E-state index in [9.17, 15) is 0 Å². The molecule has 0 saturated heterocycles. The predicted molar refractivity (Wildman–Crippen MR) is 54.4 cm³/mol. The average Bonchev–Trinajstić information content (AvgIpc) is 2.08. The van der Waals surface area contributed by atoms with Gasteiger partial charge < -0.3 is 0 Å². The number of hydrogen-bond donors (Lipinski definition) is 0. The highest BCUT2D eigenvalue weighted by Crippen LogP contribution is 2.30. The van der Waals surface area contributed by atoms with Crippen LogP contribution < -0.4 is 0 Å². The lowest BCUT2D eigenvalue weighted by atomic mass is 10.2. The molecule has 0 aromatic heterocycles. The van der Waals surface area contributed by atoms with Crippen molar-refractivity contribution in [2.45, 2.75) is 39.9 Å². The van der Waals surface area contributed by atoms with Crippen molar-refractivity contribution in [2.24, 2.45) is 0 Å². The summed E-state index contributed by atoms with van der Waals surface area (Å²) in [6, 6.07) is 0. The molecule has 0 atom stereocenters. The van der Waals surface area contributed by atoms with Gasteiger partial charge in [-0.15, -0.1) is 0 Å². The summed E-state index contributed by atoms with van der Waals surface area (Å²) >= 11 is 0. The lowest BCUT2D eigenvalue weighted by molar-refractivity contribution is 1.15. The van der Waals surface area contributed by atoms with Gasteiger partial charge in [-0.3, -0.25) is 0 Å². The van der Waals surface area contributed by atoms with Gasteiger partial charge in [0.25, 0.3) is 0 Å². The van der Waals surface area contributed by atoms with Crippen LogP contribution in [0.1, 0.15) is 20.3 Å². The third kappa shape index (κ3) is 1.83. The van der Waals surface area contributed by atoms with E-state index in [1.807, 2.05) is 0 Å². The molecule has 11 heavy (non-hydrogen) atoms. The van der Waals surface area contributed by atoms with Crippen molar-refractivity contribution >= 4 is 8.07 Å². The quantitative estimate of drug-likeness (QED) is 0.523. The first-order valence-corrected chi connectivity index (χ1v) is 7.78. The zero-order valence-corrected chi connectivity index (χ0v) is 9.28. The van der Waals surface area contributed by atoms with E-state index in [2.05, 4.69) is 39.6 Å². The van der Waals surface area contributed by atoms with E-state index in [0.29, 0.717) is 0 Å². The van der Waals surface area contributed by atoms with Gasteiger partial charge in [-0.05, 0) is 20.3 Å². The molecule has 0 N–H and O–H groups in total. The van der Waals surface area contributed by atoms with Crippen LogP contribution in [0.15, 0.2) is 22.4 Å². The van der Waals surface area contributed by atoms with Crippen molar-refractivity contribution in [3.05, 3.63) is 22.4 Å². The summed E-state index contributed by atoms with van der Waals surface area (Å²) in [6.07, 6.45) is 3.63. The van der Waals surface area contributed by atoms with Gasteiger partial charge in [0, 0.05) is 0 Å². The molecule has 0 aromatic rings. The minimum atomic E-state index is -1.03. The fraction of sp³-hybridized carbons (Fsp3) is 0.600. The largest absolute Gasteiger partial charge is 0.0775 e. The molecule has 0 nitrogen and oxygen atoms in total. The van der Waals surface area contributed by atoms with Crippen molar-refractivity contribution in [3.63, 3.8) is 0 Å². The second kappa shape index (κ2) is 2.63. The van der Waals surface area contributed by atoms with E-state index in [1.165, 1.54) is 6.42 Å². The highest BCUT2D eigenvalue weighted by Gasteiger charge is 2.23. The van der Waals surface area contributed by atoms with Gasteiger partial charge in [-0.25, -0.2) is 0 Å². The third-order valence-electron chi connectivity index (χ3n) is 2.20. The Bertz CT molecular complexity index is 226. The minimum absolute atomic E-state index is 1.03. The third-order valence-corrected chi connectivity index (χ3v) is 4.39. The van der Waals surface area contributed by atoms with Crippen molar-refractivity contribution in [1.82, 2.24) is 0 Å². The maximum absolute atomic E-state index is 2.42. The van der Waals surface area contributed by atoms with Crippen LogP contribution in [0.25, 0.3) is 0 Å². The van der Waals surface area contributed by atoms with Crippen LogP contribution in [0.2, 0.25) is 19.6 Å². The predicted octanol–water partition coefficient (Wildman–Crippen LogP) is 3.53. The van der Waals surface area contributed by atoms with Crippen molar-refractivity contribution in [3.8, 4) is 0 Å². The smallest absolute Gasteiger partial charge is 0.0700 e. The van der Waals surface area contributed by atoms with Crippen LogP contribution in [0.5, 0.6) is 0 Å². The molecule has 0 amide bonds. The fourth-order valence-electron chi connectivity index (χ4n) is 1.79. The van der Waals surface area contributed by atoms with Crippen LogP contribution in [0.4, 0.5) is 0 Å². The molecule has 0 radical (unpaired) electrons. The molecule has 0 aromatic carbocycles. The van der Waals surface area contributed by atoms with E-state index in [-0.39, 0.29) is 0 Å².